The van der Waals surface area contributed by atoms with Gasteiger partial charge in [-0.15, -0.1) is 0 Å². The number of rotatable bonds is 5. The van der Waals surface area contributed by atoms with Gasteiger partial charge >= 0.3 is 0 Å². The minimum absolute atomic E-state index is 0.0193. The van der Waals surface area contributed by atoms with Crippen molar-refractivity contribution in [2.75, 3.05) is 7.05 Å². The second-order valence-corrected chi connectivity index (χ2v) is 6.94. The molecule has 5 heteroatoms. The number of sulfonamides is 1. The summed E-state index contributed by atoms with van der Waals surface area (Å²) in [6, 6.07) is 11.2. The Kier molecular flexibility index (Phi) is 4.52. The van der Waals surface area contributed by atoms with Crippen LogP contribution in [0.3, 0.4) is 0 Å². The first-order valence-electron chi connectivity index (χ1n) is 6.36. The molecular formula is C15H18N2O2S. The molecule has 0 radical (unpaired) electrons. The zero-order valence-corrected chi connectivity index (χ0v) is 12.5. The van der Waals surface area contributed by atoms with E-state index in [0.717, 1.165) is 16.7 Å². The molecule has 1 aromatic carbocycles. The first-order chi connectivity index (χ1) is 9.47. The molecule has 2 aromatic rings. The molecule has 106 valence electrons. The highest BCUT2D eigenvalue weighted by molar-refractivity contribution is 7.88. The molecule has 20 heavy (non-hydrogen) atoms. The van der Waals surface area contributed by atoms with E-state index in [-0.39, 0.29) is 5.75 Å². The van der Waals surface area contributed by atoms with Crippen molar-refractivity contribution < 1.29 is 8.42 Å². The van der Waals surface area contributed by atoms with Crippen LogP contribution in [0.4, 0.5) is 0 Å². The molecule has 0 aliphatic heterocycles. The lowest BCUT2D eigenvalue weighted by atomic mass is 10.2. The topological polar surface area (TPSA) is 50.3 Å². The second kappa shape index (κ2) is 6.15. The molecule has 0 amide bonds. The lowest BCUT2D eigenvalue weighted by Gasteiger charge is -2.17. The van der Waals surface area contributed by atoms with Crippen LogP contribution in [0.5, 0.6) is 0 Å². The van der Waals surface area contributed by atoms with Crippen LogP contribution in [-0.2, 0) is 22.3 Å². The van der Waals surface area contributed by atoms with Gasteiger partial charge in [0, 0.05) is 26.0 Å². The van der Waals surface area contributed by atoms with E-state index >= 15 is 0 Å². The van der Waals surface area contributed by atoms with Crippen molar-refractivity contribution in [3.63, 3.8) is 0 Å². The summed E-state index contributed by atoms with van der Waals surface area (Å²) in [6.07, 6.45) is 3.35. The Hall–Kier alpha value is -1.72. The number of nitrogens with zero attached hydrogens (tertiary/aromatic N) is 2. The lowest BCUT2D eigenvalue weighted by Crippen LogP contribution is -2.27. The third-order valence-electron chi connectivity index (χ3n) is 3.03. The summed E-state index contributed by atoms with van der Waals surface area (Å²) in [5.41, 5.74) is 2.75. The van der Waals surface area contributed by atoms with Gasteiger partial charge < -0.3 is 0 Å². The van der Waals surface area contributed by atoms with Crippen LogP contribution in [0.25, 0.3) is 0 Å². The van der Waals surface area contributed by atoms with Gasteiger partial charge in [0.05, 0.1) is 5.75 Å². The van der Waals surface area contributed by atoms with Gasteiger partial charge in [-0.25, -0.2) is 12.7 Å². The molecule has 0 fully saturated rings. The van der Waals surface area contributed by atoms with E-state index in [1.165, 1.54) is 4.31 Å². The predicted octanol–water partition coefficient (Wildman–Crippen LogP) is 2.35. The molecule has 0 atom stereocenters. The maximum atomic E-state index is 12.3. The first kappa shape index (κ1) is 14.7. The number of pyridine rings is 1. The Labute approximate surface area is 120 Å². The van der Waals surface area contributed by atoms with Gasteiger partial charge in [0.15, 0.2) is 0 Å². The number of aromatic nitrogens is 1. The number of benzene rings is 1. The molecule has 0 saturated heterocycles. The van der Waals surface area contributed by atoms with Crippen LogP contribution in [-0.4, -0.2) is 24.8 Å². The zero-order chi connectivity index (χ0) is 14.6. The molecule has 0 N–H and O–H groups in total. The molecule has 0 aliphatic rings. The summed E-state index contributed by atoms with van der Waals surface area (Å²) in [4.78, 5) is 3.99. The zero-order valence-electron chi connectivity index (χ0n) is 11.7. The summed E-state index contributed by atoms with van der Waals surface area (Å²) in [7, 11) is -1.73. The molecule has 2 rings (SSSR count). The smallest absolute Gasteiger partial charge is 0.218 e. The minimum Gasteiger partial charge on any atom is -0.264 e. The highest BCUT2D eigenvalue weighted by Crippen LogP contribution is 2.13. The van der Waals surface area contributed by atoms with Crippen molar-refractivity contribution in [3.05, 3.63) is 65.5 Å². The molecule has 0 spiro atoms. The highest BCUT2D eigenvalue weighted by Gasteiger charge is 2.18. The number of aryl methyl sites for hydroxylation is 1. The van der Waals surface area contributed by atoms with E-state index in [2.05, 4.69) is 4.98 Å². The molecule has 0 unspecified atom stereocenters. The lowest BCUT2D eigenvalue weighted by molar-refractivity contribution is 0.465. The van der Waals surface area contributed by atoms with Crippen LogP contribution < -0.4 is 0 Å². The summed E-state index contributed by atoms with van der Waals surface area (Å²) in [5, 5.41) is 0. The fraction of sp³-hybridized carbons (Fsp3) is 0.267. The third kappa shape index (κ3) is 3.88. The molecule has 0 bridgehead atoms. The summed E-state index contributed by atoms with van der Waals surface area (Å²) in [5.74, 6) is 0.0193. The normalized spacial score (nSPS) is 11.8. The van der Waals surface area contributed by atoms with Gasteiger partial charge in [-0.2, -0.15) is 0 Å². The molecule has 0 aliphatic carbocycles. The standard InChI is InChI=1S/C15H18N2O2S/c1-13-5-3-6-14(9-13)12-20(18,19)17(2)11-15-7-4-8-16-10-15/h3-10H,11-12H2,1-2H3. The highest BCUT2D eigenvalue weighted by atomic mass is 32.2. The van der Waals surface area contributed by atoms with E-state index in [0.29, 0.717) is 6.54 Å². The number of hydrogen-bond acceptors (Lipinski definition) is 3. The largest absolute Gasteiger partial charge is 0.264 e. The fourth-order valence-electron chi connectivity index (χ4n) is 1.97. The van der Waals surface area contributed by atoms with Crippen LogP contribution in [0.15, 0.2) is 48.8 Å². The second-order valence-electron chi connectivity index (χ2n) is 4.86. The Bertz CT molecular complexity index is 669. The summed E-state index contributed by atoms with van der Waals surface area (Å²) >= 11 is 0. The van der Waals surface area contributed by atoms with Gasteiger partial charge in [-0.05, 0) is 24.1 Å². The van der Waals surface area contributed by atoms with Crippen LogP contribution in [0, 0.1) is 6.92 Å². The Morgan fingerprint density at radius 3 is 2.55 bits per heavy atom. The van der Waals surface area contributed by atoms with Gasteiger partial charge in [0.25, 0.3) is 0 Å². The van der Waals surface area contributed by atoms with E-state index in [9.17, 15) is 8.42 Å². The van der Waals surface area contributed by atoms with Crippen LogP contribution in [0.1, 0.15) is 16.7 Å². The van der Waals surface area contributed by atoms with E-state index in [4.69, 9.17) is 0 Å². The average molecular weight is 290 g/mol. The maximum Gasteiger partial charge on any atom is 0.218 e. The summed E-state index contributed by atoms with van der Waals surface area (Å²) in [6.45, 7) is 2.29. The first-order valence-corrected chi connectivity index (χ1v) is 7.97. The third-order valence-corrected chi connectivity index (χ3v) is 4.81. The van der Waals surface area contributed by atoms with Crippen molar-refractivity contribution in [3.8, 4) is 0 Å². The van der Waals surface area contributed by atoms with Gasteiger partial charge in [0.1, 0.15) is 0 Å². The fourth-order valence-corrected chi connectivity index (χ4v) is 3.14. The predicted molar refractivity (Wildman–Crippen MR) is 79.5 cm³/mol. The van der Waals surface area contributed by atoms with Crippen LogP contribution >= 0.6 is 0 Å². The quantitative estimate of drug-likeness (QED) is 0.849. The van der Waals surface area contributed by atoms with Gasteiger partial charge in [-0.1, -0.05) is 35.9 Å². The van der Waals surface area contributed by atoms with Gasteiger partial charge in [0.2, 0.25) is 10.0 Å². The van der Waals surface area contributed by atoms with Crippen molar-refractivity contribution in [2.45, 2.75) is 19.2 Å². The molecule has 4 nitrogen and oxygen atoms in total. The maximum absolute atomic E-state index is 12.3. The van der Waals surface area contributed by atoms with Crippen molar-refractivity contribution in [1.29, 1.82) is 0 Å². The minimum atomic E-state index is -3.32. The van der Waals surface area contributed by atoms with E-state index < -0.39 is 10.0 Å². The molecule has 0 saturated carbocycles. The monoisotopic (exact) mass is 290 g/mol. The van der Waals surface area contributed by atoms with E-state index in [1.807, 2.05) is 37.3 Å². The van der Waals surface area contributed by atoms with Gasteiger partial charge in [-0.3, -0.25) is 4.98 Å². The van der Waals surface area contributed by atoms with E-state index in [1.54, 1.807) is 25.5 Å². The SMILES string of the molecule is Cc1cccc(CS(=O)(=O)N(C)Cc2cccnc2)c1. The Morgan fingerprint density at radius 2 is 1.90 bits per heavy atom. The summed E-state index contributed by atoms with van der Waals surface area (Å²) < 4.78 is 26.0. The molecular weight excluding hydrogens is 272 g/mol. The number of hydrogen-bond donors (Lipinski definition) is 0. The average Bonchev–Trinajstić information content (AvgIpc) is 2.39. The Morgan fingerprint density at radius 1 is 1.15 bits per heavy atom. The Balaban J connectivity index is 2.10. The van der Waals surface area contributed by atoms with Crippen molar-refractivity contribution >= 4 is 10.0 Å². The molecule has 1 aromatic heterocycles. The van der Waals surface area contributed by atoms with Crippen LogP contribution in [0.2, 0.25) is 0 Å². The van der Waals surface area contributed by atoms with Crippen molar-refractivity contribution in [1.82, 2.24) is 9.29 Å². The van der Waals surface area contributed by atoms with Crippen molar-refractivity contribution in [2.24, 2.45) is 0 Å². The molecule has 1 heterocycles.